The molecule has 1 aromatic rings. The van der Waals surface area contributed by atoms with Crippen molar-refractivity contribution in [3.63, 3.8) is 0 Å². The van der Waals surface area contributed by atoms with Crippen LogP contribution in [0.2, 0.25) is 0 Å². The first-order valence-electron chi connectivity index (χ1n) is 3.72. The Balaban J connectivity index is 2.65. The molecule has 0 unspecified atom stereocenters. The summed E-state index contributed by atoms with van der Waals surface area (Å²) in [6, 6.07) is 7.85. The van der Waals surface area contributed by atoms with E-state index >= 15 is 0 Å². The van der Waals surface area contributed by atoms with E-state index in [1.165, 1.54) is 5.56 Å². The second-order valence-electron chi connectivity index (χ2n) is 2.61. The molecule has 0 aliphatic rings. The van der Waals surface area contributed by atoms with Gasteiger partial charge in [0, 0.05) is 13.6 Å². The number of nitrogens with zero attached hydrogens (tertiary/aromatic N) is 1. The zero-order valence-corrected chi connectivity index (χ0v) is 8.01. The highest BCUT2D eigenvalue weighted by atomic mass is 35.5. The molecule has 0 saturated carbocycles. The molecule has 0 bridgehead atoms. The Hall–Kier alpha value is -0.730. The monoisotopic (exact) mass is 185 g/mol. The molecule has 12 heavy (non-hydrogen) atoms. The summed E-state index contributed by atoms with van der Waals surface area (Å²) in [5.74, 6) is 0.871. The molecule has 1 aromatic carbocycles. The van der Waals surface area contributed by atoms with Gasteiger partial charge in [0.2, 0.25) is 0 Å². The highest BCUT2D eigenvalue weighted by Crippen LogP contribution is 2.12. The Labute approximate surface area is 77.8 Å². The van der Waals surface area contributed by atoms with Crippen molar-refractivity contribution in [3.05, 3.63) is 29.8 Å². The molecule has 0 spiro atoms. The van der Waals surface area contributed by atoms with E-state index in [2.05, 4.69) is 0 Å². The van der Waals surface area contributed by atoms with Gasteiger partial charge in [-0.05, 0) is 29.5 Å². The standard InChI is InChI=1S/C9H12ClNO/c1-11(10)7-8-3-5-9(12-2)6-4-8/h3-6H,7H2,1-2H3. The van der Waals surface area contributed by atoms with Gasteiger partial charge in [-0.1, -0.05) is 12.1 Å². The second kappa shape index (κ2) is 4.33. The maximum absolute atomic E-state index is 5.69. The predicted octanol–water partition coefficient (Wildman–Crippen LogP) is 2.28. The minimum atomic E-state index is 0.742. The normalized spacial score (nSPS) is 10.3. The fraction of sp³-hybridized carbons (Fsp3) is 0.333. The smallest absolute Gasteiger partial charge is 0.118 e. The molecule has 0 aliphatic carbocycles. The first-order valence-corrected chi connectivity index (χ1v) is 4.06. The molecule has 2 nitrogen and oxygen atoms in total. The average molecular weight is 186 g/mol. The molecule has 0 radical (unpaired) electrons. The van der Waals surface area contributed by atoms with E-state index in [1.54, 1.807) is 11.5 Å². The van der Waals surface area contributed by atoms with Crippen LogP contribution in [0.1, 0.15) is 5.56 Å². The van der Waals surface area contributed by atoms with E-state index in [-0.39, 0.29) is 0 Å². The van der Waals surface area contributed by atoms with Gasteiger partial charge in [-0.2, -0.15) is 0 Å². The third-order valence-electron chi connectivity index (χ3n) is 1.56. The summed E-state index contributed by atoms with van der Waals surface area (Å²) in [6.07, 6.45) is 0. The minimum absolute atomic E-state index is 0.742. The van der Waals surface area contributed by atoms with Crippen LogP contribution >= 0.6 is 11.8 Å². The lowest BCUT2D eigenvalue weighted by Gasteiger charge is -2.06. The van der Waals surface area contributed by atoms with Crippen molar-refractivity contribution >= 4 is 11.8 Å². The Kier molecular flexibility index (Phi) is 3.38. The van der Waals surface area contributed by atoms with Crippen molar-refractivity contribution in [1.82, 2.24) is 4.42 Å². The van der Waals surface area contributed by atoms with Crippen LogP contribution in [0.4, 0.5) is 0 Å². The van der Waals surface area contributed by atoms with Crippen LogP contribution in [0.15, 0.2) is 24.3 Å². The van der Waals surface area contributed by atoms with E-state index in [1.807, 2.05) is 31.3 Å². The summed E-state index contributed by atoms with van der Waals surface area (Å²) in [6.45, 7) is 0.742. The molecule has 1 rings (SSSR count). The number of ether oxygens (including phenoxy) is 1. The molecular formula is C9H12ClNO. The van der Waals surface area contributed by atoms with Gasteiger partial charge in [-0.15, -0.1) is 0 Å². The van der Waals surface area contributed by atoms with Gasteiger partial charge >= 0.3 is 0 Å². The van der Waals surface area contributed by atoms with Crippen LogP contribution in [-0.2, 0) is 6.54 Å². The first-order chi connectivity index (χ1) is 5.72. The molecule has 0 heterocycles. The Morgan fingerprint density at radius 2 is 1.92 bits per heavy atom. The van der Waals surface area contributed by atoms with E-state index in [0.717, 1.165) is 12.3 Å². The van der Waals surface area contributed by atoms with Crippen LogP contribution in [0, 0.1) is 0 Å². The third-order valence-corrected chi connectivity index (χ3v) is 1.68. The lowest BCUT2D eigenvalue weighted by Crippen LogP contribution is -2.03. The van der Waals surface area contributed by atoms with Crippen LogP contribution in [0.25, 0.3) is 0 Å². The van der Waals surface area contributed by atoms with Gasteiger partial charge in [-0.3, -0.25) is 0 Å². The van der Waals surface area contributed by atoms with Gasteiger partial charge in [0.05, 0.1) is 7.11 Å². The molecule has 66 valence electrons. The van der Waals surface area contributed by atoms with E-state index in [4.69, 9.17) is 16.5 Å². The van der Waals surface area contributed by atoms with Gasteiger partial charge in [-0.25, -0.2) is 4.42 Å². The van der Waals surface area contributed by atoms with Crippen LogP contribution < -0.4 is 4.74 Å². The van der Waals surface area contributed by atoms with Crippen molar-refractivity contribution in [2.24, 2.45) is 0 Å². The Bertz CT molecular complexity index is 233. The number of rotatable bonds is 3. The number of benzene rings is 1. The van der Waals surface area contributed by atoms with Crippen LogP contribution in [0.3, 0.4) is 0 Å². The summed E-state index contributed by atoms with van der Waals surface area (Å²) in [5, 5.41) is 0. The van der Waals surface area contributed by atoms with Crippen molar-refractivity contribution in [3.8, 4) is 5.75 Å². The minimum Gasteiger partial charge on any atom is -0.497 e. The molecule has 0 fully saturated rings. The summed E-state index contributed by atoms with van der Waals surface area (Å²) < 4.78 is 6.64. The first kappa shape index (κ1) is 9.36. The van der Waals surface area contributed by atoms with Crippen molar-refractivity contribution in [2.75, 3.05) is 14.2 Å². The van der Waals surface area contributed by atoms with Crippen LogP contribution in [-0.4, -0.2) is 18.6 Å². The van der Waals surface area contributed by atoms with E-state index in [9.17, 15) is 0 Å². The van der Waals surface area contributed by atoms with Gasteiger partial charge < -0.3 is 4.74 Å². The molecule has 0 atom stereocenters. The number of halogens is 1. The number of methoxy groups -OCH3 is 1. The summed E-state index contributed by atoms with van der Waals surface area (Å²) in [4.78, 5) is 0. The Morgan fingerprint density at radius 3 is 2.33 bits per heavy atom. The summed E-state index contributed by atoms with van der Waals surface area (Å²) >= 11 is 5.69. The van der Waals surface area contributed by atoms with E-state index in [0.29, 0.717) is 0 Å². The summed E-state index contributed by atoms with van der Waals surface area (Å²) in [7, 11) is 3.48. The molecule has 0 aliphatic heterocycles. The lowest BCUT2D eigenvalue weighted by molar-refractivity contribution is 0.414. The maximum atomic E-state index is 5.69. The molecule has 0 amide bonds. The fourth-order valence-electron chi connectivity index (χ4n) is 0.983. The van der Waals surface area contributed by atoms with Gasteiger partial charge in [0.1, 0.15) is 5.75 Å². The lowest BCUT2D eigenvalue weighted by atomic mass is 10.2. The van der Waals surface area contributed by atoms with Crippen molar-refractivity contribution < 1.29 is 4.74 Å². The average Bonchev–Trinajstić information content (AvgIpc) is 2.05. The molecular weight excluding hydrogens is 174 g/mol. The van der Waals surface area contributed by atoms with Gasteiger partial charge in [0.25, 0.3) is 0 Å². The SMILES string of the molecule is COc1ccc(CN(C)Cl)cc1. The molecule has 0 saturated heterocycles. The third kappa shape index (κ3) is 2.72. The number of hydrogen-bond acceptors (Lipinski definition) is 2. The van der Waals surface area contributed by atoms with Crippen molar-refractivity contribution in [2.45, 2.75) is 6.54 Å². The predicted molar refractivity (Wildman–Crippen MR) is 50.3 cm³/mol. The van der Waals surface area contributed by atoms with Crippen molar-refractivity contribution in [1.29, 1.82) is 0 Å². The van der Waals surface area contributed by atoms with Crippen LogP contribution in [0.5, 0.6) is 5.75 Å². The highest BCUT2D eigenvalue weighted by Gasteiger charge is 1.96. The topological polar surface area (TPSA) is 12.5 Å². The quantitative estimate of drug-likeness (QED) is 0.670. The molecule has 3 heteroatoms. The molecule has 0 aromatic heterocycles. The Morgan fingerprint density at radius 1 is 1.33 bits per heavy atom. The highest BCUT2D eigenvalue weighted by molar-refractivity contribution is 6.13. The summed E-state index contributed by atoms with van der Waals surface area (Å²) in [5.41, 5.74) is 1.17. The van der Waals surface area contributed by atoms with E-state index < -0.39 is 0 Å². The molecule has 0 N–H and O–H groups in total. The number of hydrogen-bond donors (Lipinski definition) is 0. The second-order valence-corrected chi connectivity index (χ2v) is 3.19. The van der Waals surface area contributed by atoms with Gasteiger partial charge in [0.15, 0.2) is 0 Å². The zero-order chi connectivity index (χ0) is 8.97. The largest absolute Gasteiger partial charge is 0.497 e. The maximum Gasteiger partial charge on any atom is 0.118 e. The fourth-order valence-corrected chi connectivity index (χ4v) is 1.12. The zero-order valence-electron chi connectivity index (χ0n) is 7.25.